The monoisotopic (exact) mass is 440 g/mol. The van der Waals surface area contributed by atoms with Gasteiger partial charge in [0.1, 0.15) is 11.3 Å². The molecule has 1 atom stereocenters. The highest BCUT2D eigenvalue weighted by Gasteiger charge is 2.17. The minimum atomic E-state index is -0.601. The predicted molar refractivity (Wildman–Crippen MR) is 126 cm³/mol. The molecule has 1 aromatic carbocycles. The van der Waals surface area contributed by atoms with E-state index in [9.17, 15) is 9.90 Å². The van der Waals surface area contributed by atoms with Crippen LogP contribution in [0, 0.1) is 13.8 Å². The standard InChI is InChI=1S/C25H24N6O2/c1-15-6-4-7-19(27-15)14-31-21-9-5-8-20(24(21)16(2)29-31)28-25(33)22-13-26-23-12-18(17(3)32)10-11-30(22)23/h4-13,17,32H,14H2,1-3H3,(H,28,33). The number of pyridine rings is 2. The van der Waals surface area contributed by atoms with E-state index in [-0.39, 0.29) is 5.91 Å². The number of aliphatic hydroxyl groups excluding tert-OH is 1. The highest BCUT2D eigenvalue weighted by atomic mass is 16.3. The lowest BCUT2D eigenvalue weighted by Gasteiger charge is -2.09. The average molecular weight is 441 g/mol. The molecule has 0 saturated heterocycles. The zero-order valence-electron chi connectivity index (χ0n) is 18.6. The van der Waals surface area contributed by atoms with E-state index in [1.807, 2.05) is 54.9 Å². The lowest BCUT2D eigenvalue weighted by Crippen LogP contribution is -2.14. The fourth-order valence-electron chi connectivity index (χ4n) is 4.10. The van der Waals surface area contributed by atoms with E-state index < -0.39 is 6.10 Å². The molecule has 5 aromatic rings. The number of fused-ring (bicyclic) bond motifs is 2. The van der Waals surface area contributed by atoms with Crippen molar-refractivity contribution in [2.24, 2.45) is 0 Å². The van der Waals surface area contributed by atoms with E-state index in [2.05, 4.69) is 15.3 Å². The summed E-state index contributed by atoms with van der Waals surface area (Å²) in [6.07, 6.45) is 2.69. The van der Waals surface area contributed by atoms with Crippen LogP contribution < -0.4 is 5.32 Å². The minimum absolute atomic E-state index is 0.271. The maximum absolute atomic E-state index is 13.1. The summed E-state index contributed by atoms with van der Waals surface area (Å²) in [5, 5.41) is 18.4. The fourth-order valence-corrected chi connectivity index (χ4v) is 4.10. The summed E-state index contributed by atoms with van der Waals surface area (Å²) in [5.41, 5.74) is 6.09. The molecule has 0 fully saturated rings. The molecule has 8 heteroatoms. The third-order valence-corrected chi connectivity index (χ3v) is 5.71. The first kappa shape index (κ1) is 20.8. The first-order chi connectivity index (χ1) is 15.9. The highest BCUT2D eigenvalue weighted by molar-refractivity contribution is 6.08. The number of aromatic nitrogens is 5. The van der Waals surface area contributed by atoms with Crippen molar-refractivity contribution in [3.8, 4) is 0 Å². The summed E-state index contributed by atoms with van der Waals surface area (Å²) in [6.45, 7) is 6.14. The summed E-state index contributed by atoms with van der Waals surface area (Å²) in [5.74, 6) is -0.271. The topological polar surface area (TPSA) is 97.3 Å². The molecule has 2 N–H and O–H groups in total. The quantitative estimate of drug-likeness (QED) is 0.430. The molecular weight excluding hydrogens is 416 g/mol. The van der Waals surface area contributed by atoms with Crippen LogP contribution in [0.5, 0.6) is 0 Å². The van der Waals surface area contributed by atoms with Crippen molar-refractivity contribution in [2.45, 2.75) is 33.4 Å². The number of carbonyl (C=O) groups is 1. The van der Waals surface area contributed by atoms with Crippen LogP contribution in [0.15, 0.2) is 60.9 Å². The number of nitrogens with one attached hydrogen (secondary N) is 1. The molecule has 0 aliphatic heterocycles. The van der Waals surface area contributed by atoms with E-state index in [1.54, 1.807) is 29.7 Å². The van der Waals surface area contributed by atoms with E-state index in [0.29, 0.717) is 23.6 Å². The van der Waals surface area contributed by atoms with Crippen LogP contribution in [0.1, 0.15) is 46.2 Å². The molecule has 8 nitrogen and oxygen atoms in total. The van der Waals surface area contributed by atoms with Crippen LogP contribution >= 0.6 is 0 Å². The van der Waals surface area contributed by atoms with Gasteiger partial charge in [0.15, 0.2) is 0 Å². The van der Waals surface area contributed by atoms with Gasteiger partial charge in [-0.05, 0) is 62.7 Å². The van der Waals surface area contributed by atoms with Gasteiger partial charge in [-0.25, -0.2) is 4.98 Å². The molecular formula is C25H24N6O2. The van der Waals surface area contributed by atoms with E-state index in [4.69, 9.17) is 5.10 Å². The number of hydrogen-bond acceptors (Lipinski definition) is 5. The summed E-state index contributed by atoms with van der Waals surface area (Å²) in [6, 6.07) is 15.3. The van der Waals surface area contributed by atoms with Gasteiger partial charge in [-0.15, -0.1) is 0 Å². The Kier molecular flexibility index (Phi) is 5.14. The maximum Gasteiger partial charge on any atom is 0.274 e. The summed E-state index contributed by atoms with van der Waals surface area (Å²) in [7, 11) is 0. The Morgan fingerprint density at radius 1 is 1.15 bits per heavy atom. The van der Waals surface area contributed by atoms with Gasteiger partial charge >= 0.3 is 0 Å². The Morgan fingerprint density at radius 3 is 2.76 bits per heavy atom. The van der Waals surface area contributed by atoms with Gasteiger partial charge in [0, 0.05) is 17.3 Å². The third-order valence-electron chi connectivity index (χ3n) is 5.71. The molecule has 0 spiro atoms. The molecule has 0 bridgehead atoms. The molecule has 0 radical (unpaired) electrons. The van der Waals surface area contributed by atoms with Crippen LogP contribution in [0.2, 0.25) is 0 Å². The number of amides is 1. The second kappa shape index (κ2) is 8.14. The molecule has 4 aromatic heterocycles. The molecule has 1 unspecified atom stereocenters. The first-order valence-corrected chi connectivity index (χ1v) is 10.8. The van der Waals surface area contributed by atoms with Crippen molar-refractivity contribution >= 4 is 28.1 Å². The van der Waals surface area contributed by atoms with Crippen molar-refractivity contribution in [3.63, 3.8) is 0 Å². The number of anilines is 1. The molecule has 4 heterocycles. The molecule has 0 saturated carbocycles. The molecule has 33 heavy (non-hydrogen) atoms. The van der Waals surface area contributed by atoms with Crippen molar-refractivity contribution in [1.29, 1.82) is 0 Å². The number of aliphatic hydroxyl groups is 1. The second-order valence-electron chi connectivity index (χ2n) is 8.17. The van der Waals surface area contributed by atoms with Gasteiger partial charge in [0.05, 0.1) is 41.4 Å². The van der Waals surface area contributed by atoms with Crippen LogP contribution in [-0.4, -0.2) is 35.2 Å². The van der Waals surface area contributed by atoms with Crippen LogP contribution in [-0.2, 0) is 6.54 Å². The Labute approximate surface area is 190 Å². The number of aryl methyl sites for hydroxylation is 2. The minimum Gasteiger partial charge on any atom is -0.389 e. The van der Waals surface area contributed by atoms with Crippen molar-refractivity contribution in [1.82, 2.24) is 24.1 Å². The smallest absolute Gasteiger partial charge is 0.274 e. The van der Waals surface area contributed by atoms with E-state index >= 15 is 0 Å². The number of nitrogens with zero attached hydrogens (tertiary/aromatic N) is 5. The second-order valence-corrected chi connectivity index (χ2v) is 8.17. The zero-order valence-corrected chi connectivity index (χ0v) is 18.6. The predicted octanol–water partition coefficient (Wildman–Crippen LogP) is 4.05. The summed E-state index contributed by atoms with van der Waals surface area (Å²) >= 11 is 0. The van der Waals surface area contributed by atoms with Gasteiger partial charge in [-0.1, -0.05) is 12.1 Å². The number of benzene rings is 1. The molecule has 0 aliphatic carbocycles. The molecule has 1 amide bonds. The van der Waals surface area contributed by atoms with Gasteiger partial charge in [0.2, 0.25) is 0 Å². The van der Waals surface area contributed by atoms with Gasteiger partial charge in [-0.2, -0.15) is 5.10 Å². The average Bonchev–Trinajstić information content (AvgIpc) is 3.35. The lowest BCUT2D eigenvalue weighted by atomic mass is 10.1. The lowest BCUT2D eigenvalue weighted by molar-refractivity contribution is 0.102. The zero-order chi connectivity index (χ0) is 23.1. The number of carbonyl (C=O) groups excluding carboxylic acids is 1. The molecule has 0 aliphatic rings. The maximum atomic E-state index is 13.1. The van der Waals surface area contributed by atoms with Crippen molar-refractivity contribution < 1.29 is 9.90 Å². The fraction of sp³-hybridized carbons (Fsp3) is 0.200. The van der Waals surface area contributed by atoms with Crippen LogP contribution in [0.4, 0.5) is 5.69 Å². The number of imidazole rings is 1. The van der Waals surface area contributed by atoms with Crippen LogP contribution in [0.3, 0.4) is 0 Å². The number of rotatable bonds is 5. The Balaban J connectivity index is 1.48. The van der Waals surface area contributed by atoms with Crippen LogP contribution in [0.25, 0.3) is 16.6 Å². The van der Waals surface area contributed by atoms with E-state index in [1.165, 1.54) is 6.20 Å². The van der Waals surface area contributed by atoms with E-state index in [0.717, 1.165) is 33.5 Å². The normalized spacial score (nSPS) is 12.4. The third kappa shape index (κ3) is 3.85. The Bertz CT molecular complexity index is 1500. The van der Waals surface area contributed by atoms with Gasteiger partial charge in [0.25, 0.3) is 5.91 Å². The largest absolute Gasteiger partial charge is 0.389 e. The summed E-state index contributed by atoms with van der Waals surface area (Å²) < 4.78 is 3.62. The van der Waals surface area contributed by atoms with Gasteiger partial charge < -0.3 is 10.4 Å². The molecule has 166 valence electrons. The molecule has 5 rings (SSSR count). The van der Waals surface area contributed by atoms with Crippen molar-refractivity contribution in [3.05, 3.63) is 89.3 Å². The Morgan fingerprint density at radius 2 is 1.97 bits per heavy atom. The SMILES string of the molecule is Cc1cccc(Cn2nc(C)c3c(NC(=O)c4cnc5cc(C(C)O)ccn45)cccc32)n1. The highest BCUT2D eigenvalue weighted by Crippen LogP contribution is 2.28. The first-order valence-electron chi connectivity index (χ1n) is 10.8. The number of hydrogen-bond donors (Lipinski definition) is 2. The Hall–Kier alpha value is -4.04. The van der Waals surface area contributed by atoms with Gasteiger partial charge in [-0.3, -0.25) is 18.9 Å². The summed E-state index contributed by atoms with van der Waals surface area (Å²) in [4.78, 5) is 22.0. The van der Waals surface area contributed by atoms with Crippen molar-refractivity contribution in [2.75, 3.05) is 5.32 Å².